The fourth-order valence-electron chi connectivity index (χ4n) is 1.98. The summed E-state index contributed by atoms with van der Waals surface area (Å²) >= 11 is 0. The zero-order valence-electron chi connectivity index (χ0n) is 10.2. The Bertz CT molecular complexity index is 727. The van der Waals surface area contributed by atoms with Crippen molar-refractivity contribution in [3.05, 3.63) is 48.5 Å². The van der Waals surface area contributed by atoms with Crippen LogP contribution in [0.5, 0.6) is 0 Å². The van der Waals surface area contributed by atoms with Crippen LogP contribution in [0.25, 0.3) is 11.0 Å². The van der Waals surface area contributed by atoms with E-state index in [0.717, 1.165) is 17.6 Å². The van der Waals surface area contributed by atoms with Gasteiger partial charge in [-0.05, 0) is 18.2 Å². The van der Waals surface area contributed by atoms with Gasteiger partial charge >= 0.3 is 0 Å². The quantitative estimate of drug-likeness (QED) is 0.749. The first-order valence-corrected chi connectivity index (χ1v) is 5.89. The lowest BCUT2D eigenvalue weighted by atomic mass is 10.4. The second kappa shape index (κ2) is 4.56. The number of pyridine rings is 1. The maximum Gasteiger partial charge on any atom is 0.269 e. The van der Waals surface area contributed by atoms with Crippen LogP contribution < -0.4 is 5.73 Å². The van der Waals surface area contributed by atoms with Gasteiger partial charge in [0.05, 0.1) is 17.6 Å². The number of hydrogen-bond acceptors (Lipinski definition) is 3. The van der Waals surface area contributed by atoms with Crippen LogP contribution in [0.1, 0.15) is 10.5 Å². The number of amides is 1. The highest BCUT2D eigenvalue weighted by Gasteiger charge is 2.06. The highest BCUT2D eigenvalue weighted by Crippen LogP contribution is 2.12. The molecule has 0 aromatic carbocycles. The van der Waals surface area contributed by atoms with E-state index in [1.54, 1.807) is 17.1 Å². The lowest BCUT2D eigenvalue weighted by Gasteiger charge is -2.05. The van der Waals surface area contributed by atoms with Crippen LogP contribution >= 0.6 is 0 Å². The Morgan fingerprint density at radius 2 is 2.26 bits per heavy atom. The van der Waals surface area contributed by atoms with Gasteiger partial charge in [-0.15, -0.1) is 0 Å². The maximum atomic E-state index is 10.9. The van der Waals surface area contributed by atoms with E-state index < -0.39 is 5.91 Å². The van der Waals surface area contributed by atoms with Gasteiger partial charge in [-0.3, -0.25) is 14.5 Å². The Morgan fingerprint density at radius 1 is 1.37 bits per heavy atom. The first kappa shape index (κ1) is 11.5. The third-order valence-electron chi connectivity index (χ3n) is 2.92. The molecule has 0 unspecified atom stereocenters. The molecule has 0 saturated carbocycles. The van der Waals surface area contributed by atoms with Gasteiger partial charge in [0.1, 0.15) is 0 Å². The minimum absolute atomic E-state index is 0.166. The van der Waals surface area contributed by atoms with Crippen molar-refractivity contribution in [2.75, 3.05) is 0 Å². The van der Waals surface area contributed by atoms with Gasteiger partial charge in [0, 0.05) is 31.2 Å². The van der Waals surface area contributed by atoms with E-state index in [4.69, 9.17) is 5.73 Å². The second-order valence-electron chi connectivity index (χ2n) is 4.17. The molecule has 1 radical (unpaired) electrons. The van der Waals surface area contributed by atoms with Gasteiger partial charge in [0.25, 0.3) is 5.91 Å². The summed E-state index contributed by atoms with van der Waals surface area (Å²) in [7, 11) is 0. The van der Waals surface area contributed by atoms with Crippen molar-refractivity contribution < 1.29 is 4.79 Å². The van der Waals surface area contributed by atoms with E-state index in [9.17, 15) is 4.79 Å². The SMILES string of the molecule is NC(=O)c1[c]cn(CCn2ccc3ncccc32)n1. The predicted octanol–water partition coefficient (Wildman–Crippen LogP) is 0.832. The lowest BCUT2D eigenvalue weighted by molar-refractivity contribution is 0.0994. The summed E-state index contributed by atoms with van der Waals surface area (Å²) in [4.78, 5) is 15.2. The van der Waals surface area contributed by atoms with Crippen molar-refractivity contribution >= 4 is 16.9 Å². The number of aromatic nitrogens is 4. The Kier molecular flexibility index (Phi) is 2.75. The number of carbonyl (C=O) groups excluding carboxylic acids is 1. The molecule has 6 nitrogen and oxygen atoms in total. The average molecular weight is 254 g/mol. The van der Waals surface area contributed by atoms with Crippen LogP contribution in [0.4, 0.5) is 0 Å². The molecule has 3 heterocycles. The maximum absolute atomic E-state index is 10.9. The summed E-state index contributed by atoms with van der Waals surface area (Å²) in [6.45, 7) is 1.38. The molecule has 0 fully saturated rings. The minimum atomic E-state index is -0.561. The predicted molar refractivity (Wildman–Crippen MR) is 69.3 cm³/mol. The Morgan fingerprint density at radius 3 is 3.05 bits per heavy atom. The molecule has 2 N–H and O–H groups in total. The van der Waals surface area contributed by atoms with E-state index in [1.807, 2.05) is 24.4 Å². The number of hydrogen-bond donors (Lipinski definition) is 1. The Balaban J connectivity index is 1.76. The number of carbonyl (C=O) groups is 1. The molecule has 0 aliphatic carbocycles. The molecule has 0 spiro atoms. The van der Waals surface area contributed by atoms with E-state index in [-0.39, 0.29) is 5.69 Å². The normalized spacial score (nSPS) is 10.9. The summed E-state index contributed by atoms with van der Waals surface area (Å²) in [6.07, 6.45) is 5.39. The third-order valence-corrected chi connectivity index (χ3v) is 2.92. The van der Waals surface area contributed by atoms with Crippen molar-refractivity contribution in [2.45, 2.75) is 13.1 Å². The monoisotopic (exact) mass is 254 g/mol. The first-order chi connectivity index (χ1) is 9.24. The highest BCUT2D eigenvalue weighted by atomic mass is 16.1. The van der Waals surface area contributed by atoms with Crippen LogP contribution in [-0.2, 0) is 13.1 Å². The molecule has 0 saturated heterocycles. The molecule has 6 heteroatoms. The summed E-state index contributed by atoms with van der Waals surface area (Å²) < 4.78 is 3.75. The number of rotatable bonds is 4. The van der Waals surface area contributed by atoms with Crippen molar-refractivity contribution in [1.29, 1.82) is 0 Å². The molecule has 3 aromatic heterocycles. The lowest BCUT2D eigenvalue weighted by Crippen LogP contribution is -2.13. The number of primary amides is 1. The van der Waals surface area contributed by atoms with E-state index in [1.165, 1.54) is 0 Å². The largest absolute Gasteiger partial charge is 0.364 e. The van der Waals surface area contributed by atoms with Crippen LogP contribution in [0, 0.1) is 6.07 Å². The van der Waals surface area contributed by atoms with Gasteiger partial charge in [0.2, 0.25) is 0 Å². The fourth-order valence-corrected chi connectivity index (χ4v) is 1.98. The fraction of sp³-hybridized carbons (Fsp3) is 0.154. The number of nitrogens with two attached hydrogens (primary N) is 1. The van der Waals surface area contributed by atoms with Gasteiger partial charge in [0.15, 0.2) is 5.69 Å². The summed E-state index contributed by atoms with van der Waals surface area (Å²) in [5.74, 6) is -0.561. The molecule has 0 aliphatic rings. The molecule has 0 atom stereocenters. The number of nitrogens with zero attached hydrogens (tertiary/aromatic N) is 4. The minimum Gasteiger partial charge on any atom is -0.364 e. The molecular formula is C13H12N5O. The zero-order chi connectivity index (χ0) is 13.2. The summed E-state index contributed by atoms with van der Waals surface area (Å²) in [6, 6.07) is 8.63. The number of aryl methyl sites for hydroxylation is 2. The molecule has 19 heavy (non-hydrogen) atoms. The van der Waals surface area contributed by atoms with Gasteiger partial charge in [-0.1, -0.05) is 0 Å². The van der Waals surface area contributed by atoms with Crippen LogP contribution in [0.2, 0.25) is 0 Å². The topological polar surface area (TPSA) is 78.7 Å². The molecule has 0 aliphatic heterocycles. The standard InChI is InChI=1S/C13H12N5O/c14-13(19)11-4-7-18(16-11)9-8-17-6-3-10-12(17)2-1-5-15-10/h1-3,5-7H,8-9H2,(H2,14,19). The molecule has 3 rings (SSSR count). The van der Waals surface area contributed by atoms with Crippen molar-refractivity contribution in [3.63, 3.8) is 0 Å². The van der Waals surface area contributed by atoms with Gasteiger partial charge in [-0.2, -0.15) is 5.10 Å². The average Bonchev–Trinajstić information content (AvgIpc) is 3.03. The smallest absolute Gasteiger partial charge is 0.269 e. The molecule has 1 amide bonds. The summed E-state index contributed by atoms with van der Waals surface area (Å²) in [5.41, 5.74) is 7.34. The van der Waals surface area contributed by atoms with Crippen molar-refractivity contribution in [1.82, 2.24) is 19.3 Å². The molecule has 0 bridgehead atoms. The van der Waals surface area contributed by atoms with Crippen molar-refractivity contribution in [2.24, 2.45) is 5.73 Å². The first-order valence-electron chi connectivity index (χ1n) is 5.89. The summed E-state index contributed by atoms with van der Waals surface area (Å²) in [5, 5.41) is 4.05. The molecule has 3 aromatic rings. The molecule has 95 valence electrons. The zero-order valence-corrected chi connectivity index (χ0v) is 10.2. The Labute approximate surface area is 109 Å². The number of fused-ring (bicyclic) bond motifs is 1. The van der Waals surface area contributed by atoms with Crippen LogP contribution in [0.15, 0.2) is 36.8 Å². The van der Waals surface area contributed by atoms with Gasteiger partial charge in [-0.25, -0.2) is 0 Å². The second-order valence-corrected chi connectivity index (χ2v) is 4.17. The third kappa shape index (κ3) is 2.20. The van der Waals surface area contributed by atoms with E-state index >= 15 is 0 Å². The van der Waals surface area contributed by atoms with E-state index in [0.29, 0.717) is 6.54 Å². The highest BCUT2D eigenvalue weighted by molar-refractivity contribution is 5.90. The van der Waals surface area contributed by atoms with Crippen molar-refractivity contribution in [3.8, 4) is 0 Å². The van der Waals surface area contributed by atoms with Crippen LogP contribution in [-0.4, -0.2) is 25.2 Å². The molecular weight excluding hydrogens is 242 g/mol. The van der Waals surface area contributed by atoms with Crippen LogP contribution in [0.3, 0.4) is 0 Å². The van der Waals surface area contributed by atoms with Gasteiger partial charge < -0.3 is 10.3 Å². The Hall–Kier alpha value is -2.63. The van der Waals surface area contributed by atoms with E-state index in [2.05, 4.69) is 20.7 Å².